The summed E-state index contributed by atoms with van der Waals surface area (Å²) in [5.41, 5.74) is 13.1. The number of aryl methyl sites for hydroxylation is 1. The van der Waals surface area contributed by atoms with Crippen LogP contribution in [0, 0.1) is 20.8 Å². The minimum absolute atomic E-state index is 0.717. The van der Waals surface area contributed by atoms with E-state index >= 15 is 0 Å². The summed E-state index contributed by atoms with van der Waals surface area (Å²) in [6.45, 7) is 6.67. The van der Waals surface area contributed by atoms with Crippen molar-refractivity contribution in [2.24, 2.45) is 0 Å². The van der Waals surface area contributed by atoms with E-state index in [9.17, 15) is 0 Å². The fourth-order valence-electron chi connectivity index (χ4n) is 8.94. The zero-order valence-corrected chi connectivity index (χ0v) is 26.2. The van der Waals surface area contributed by atoms with Gasteiger partial charge in [-0.3, -0.25) is 4.98 Å². The molecule has 1 atom stereocenters. The van der Waals surface area contributed by atoms with Crippen molar-refractivity contribution in [3.8, 4) is 45.4 Å². The summed E-state index contributed by atoms with van der Waals surface area (Å²) in [5.74, 6) is 2.89. The monoisotopic (exact) mass is 607 g/mol. The lowest BCUT2D eigenvalue weighted by Crippen LogP contribution is -2.77. The number of fused-ring (bicyclic) bond motifs is 7. The number of hydrogen-bond acceptors (Lipinski definition) is 2. The van der Waals surface area contributed by atoms with Crippen LogP contribution in [-0.4, -0.2) is 14.2 Å². The Kier molecular flexibility index (Phi) is 4.51. The molecule has 4 aromatic heterocycles. The molecule has 0 aliphatic carbocycles. The number of rotatable bonds is 2. The molecular weight excluding hydrogens is 578 g/mol. The maximum absolute atomic E-state index is 6.85. The second-order valence-electron chi connectivity index (χ2n) is 13.0. The number of aromatic nitrogens is 5. The van der Waals surface area contributed by atoms with Crippen LogP contribution in [0.2, 0.25) is 0 Å². The first kappa shape index (κ1) is 25.2. The Morgan fingerprint density at radius 1 is 0.723 bits per heavy atom. The van der Waals surface area contributed by atoms with Gasteiger partial charge in [-0.2, -0.15) is 9.13 Å². The molecule has 3 aliphatic heterocycles. The van der Waals surface area contributed by atoms with Crippen LogP contribution in [0.15, 0.2) is 122 Å². The first-order chi connectivity index (χ1) is 23.1. The number of ether oxygens (including phenoxy) is 1. The summed E-state index contributed by atoms with van der Waals surface area (Å²) in [4.78, 5) is 5.16. The first-order valence-electron chi connectivity index (χ1n) is 16.2. The summed E-state index contributed by atoms with van der Waals surface area (Å²) >= 11 is 0. The minimum atomic E-state index is -0.717. The summed E-state index contributed by atoms with van der Waals surface area (Å²) in [7, 11) is 0. The van der Waals surface area contributed by atoms with Gasteiger partial charge in [-0.15, -0.1) is 4.68 Å². The Morgan fingerprint density at radius 3 is 2.40 bits per heavy atom. The number of hydrogen-bond donors (Lipinski definition) is 0. The first-order valence-corrected chi connectivity index (χ1v) is 16.2. The zero-order valence-electron chi connectivity index (χ0n) is 26.2. The topological polar surface area (TPSA) is 39.7 Å². The SMILES string of the molecule is Cc1cc(-c2ccccc2)cnc1-c1c(C)n2[n+](c1C)C13c4c(cccc4-2)Oc2ccc4c5ccccc5n(c4c21)-c1cccc[n+]13. The van der Waals surface area contributed by atoms with Crippen molar-refractivity contribution in [1.29, 1.82) is 0 Å². The van der Waals surface area contributed by atoms with Crippen molar-refractivity contribution in [2.75, 3.05) is 0 Å². The van der Waals surface area contributed by atoms with E-state index in [1.54, 1.807) is 0 Å². The fourth-order valence-corrected chi connectivity index (χ4v) is 8.94. The van der Waals surface area contributed by atoms with Gasteiger partial charge in [0.25, 0.3) is 5.82 Å². The molecule has 11 rings (SSSR count). The van der Waals surface area contributed by atoms with Crippen molar-refractivity contribution in [3.63, 3.8) is 0 Å². The molecule has 0 fully saturated rings. The standard InChI is InChI=1S/C41H29N5O/c1-24-22-28(27-12-5-4-6-13-27)23-42-39(24)36-25(2)45-32-16-11-17-33-37(32)41(46(45)26(36)3)38-34(47-33)20-19-30-29-14-7-8-15-31(29)44(40(30)38)35-18-9-10-21-43(35)41/h4-23H,1-3H3/q+2. The van der Waals surface area contributed by atoms with Crippen LogP contribution in [0.5, 0.6) is 11.5 Å². The van der Waals surface area contributed by atoms with Gasteiger partial charge in [-0.1, -0.05) is 59.3 Å². The number of para-hydroxylation sites is 1. The highest BCUT2D eigenvalue weighted by atomic mass is 16.5. The van der Waals surface area contributed by atoms with Crippen molar-refractivity contribution < 1.29 is 14.0 Å². The van der Waals surface area contributed by atoms with E-state index in [1.165, 1.54) is 27.4 Å². The molecule has 1 unspecified atom stereocenters. The molecule has 0 radical (unpaired) electrons. The molecule has 47 heavy (non-hydrogen) atoms. The zero-order chi connectivity index (χ0) is 31.2. The molecule has 7 heterocycles. The fraction of sp³-hybridized carbons (Fsp3) is 0.0976. The Bertz CT molecular complexity index is 2700. The third-order valence-electron chi connectivity index (χ3n) is 10.7. The average Bonchev–Trinajstić information content (AvgIpc) is 3.70. The third kappa shape index (κ3) is 2.78. The molecule has 3 aliphatic rings. The largest absolute Gasteiger partial charge is 0.456 e. The van der Waals surface area contributed by atoms with Gasteiger partial charge in [-0.25, -0.2) is 0 Å². The van der Waals surface area contributed by atoms with Crippen LogP contribution in [0.3, 0.4) is 0 Å². The van der Waals surface area contributed by atoms with E-state index < -0.39 is 5.66 Å². The van der Waals surface area contributed by atoms with Crippen molar-refractivity contribution in [1.82, 2.24) is 14.2 Å². The number of nitrogens with zero attached hydrogens (tertiary/aromatic N) is 5. The van der Waals surface area contributed by atoms with E-state index in [4.69, 9.17) is 9.72 Å². The Balaban J connectivity index is 1.30. The predicted molar refractivity (Wildman–Crippen MR) is 181 cm³/mol. The van der Waals surface area contributed by atoms with Crippen LogP contribution in [0.1, 0.15) is 28.1 Å². The van der Waals surface area contributed by atoms with Gasteiger partial charge in [0.2, 0.25) is 5.69 Å². The van der Waals surface area contributed by atoms with E-state index in [0.29, 0.717) is 0 Å². The van der Waals surface area contributed by atoms with Gasteiger partial charge in [0.05, 0.1) is 23.1 Å². The third-order valence-corrected chi connectivity index (χ3v) is 10.7. The van der Waals surface area contributed by atoms with E-state index in [-0.39, 0.29) is 0 Å². The van der Waals surface area contributed by atoms with Gasteiger partial charge in [0.15, 0.2) is 11.1 Å². The number of benzene rings is 4. The molecule has 0 saturated carbocycles. The van der Waals surface area contributed by atoms with Gasteiger partial charge < -0.3 is 4.74 Å². The highest BCUT2D eigenvalue weighted by Crippen LogP contribution is 2.56. The maximum atomic E-state index is 6.85. The lowest BCUT2D eigenvalue weighted by Gasteiger charge is -2.33. The lowest BCUT2D eigenvalue weighted by molar-refractivity contribution is -0.995. The van der Waals surface area contributed by atoms with Gasteiger partial charge >= 0.3 is 5.66 Å². The van der Waals surface area contributed by atoms with Crippen LogP contribution in [0.25, 0.3) is 55.7 Å². The molecule has 222 valence electrons. The molecule has 0 amide bonds. The predicted octanol–water partition coefficient (Wildman–Crippen LogP) is 7.83. The van der Waals surface area contributed by atoms with Gasteiger partial charge in [0, 0.05) is 35.5 Å². The number of pyridine rings is 2. The molecule has 6 heteroatoms. The van der Waals surface area contributed by atoms with Crippen molar-refractivity contribution in [2.45, 2.75) is 26.4 Å². The highest BCUT2D eigenvalue weighted by molar-refractivity contribution is 6.11. The normalized spacial score (nSPS) is 16.2. The maximum Gasteiger partial charge on any atom is 0.397 e. The smallest absolute Gasteiger partial charge is 0.397 e. The highest BCUT2D eigenvalue weighted by Gasteiger charge is 2.70. The average molecular weight is 608 g/mol. The molecule has 6 nitrogen and oxygen atoms in total. The molecular formula is C41H29N5O+2. The van der Waals surface area contributed by atoms with Crippen LogP contribution < -0.4 is 14.0 Å². The van der Waals surface area contributed by atoms with Crippen molar-refractivity contribution >= 4 is 21.8 Å². The minimum Gasteiger partial charge on any atom is -0.456 e. The quantitative estimate of drug-likeness (QED) is 0.188. The molecule has 4 aromatic carbocycles. The second kappa shape index (κ2) is 8.42. The Hall–Kier alpha value is -6.01. The molecule has 8 aromatic rings. The Labute approximate surface area is 271 Å². The van der Waals surface area contributed by atoms with Crippen molar-refractivity contribution in [3.05, 3.63) is 150 Å². The van der Waals surface area contributed by atoms with E-state index in [0.717, 1.165) is 67.9 Å². The van der Waals surface area contributed by atoms with Crippen LogP contribution in [-0.2, 0) is 5.66 Å². The van der Waals surface area contributed by atoms with Crippen LogP contribution >= 0.6 is 0 Å². The lowest BCUT2D eigenvalue weighted by atomic mass is 9.84. The molecule has 0 N–H and O–H groups in total. The van der Waals surface area contributed by atoms with Crippen LogP contribution in [0.4, 0.5) is 0 Å². The molecule has 0 bridgehead atoms. The molecule has 1 spiro atoms. The summed E-state index contributed by atoms with van der Waals surface area (Å²) in [5, 5.41) is 2.47. The molecule has 0 saturated heterocycles. The second-order valence-corrected chi connectivity index (χ2v) is 13.0. The van der Waals surface area contributed by atoms with Gasteiger partial charge in [0.1, 0.15) is 28.3 Å². The van der Waals surface area contributed by atoms with E-state index in [1.807, 2.05) is 6.20 Å². The van der Waals surface area contributed by atoms with Gasteiger partial charge in [-0.05, 0) is 73.5 Å². The van der Waals surface area contributed by atoms with E-state index in [2.05, 4.69) is 155 Å². The Morgan fingerprint density at radius 2 is 1.53 bits per heavy atom. The summed E-state index contributed by atoms with van der Waals surface area (Å²) in [6.07, 6.45) is 4.26. The summed E-state index contributed by atoms with van der Waals surface area (Å²) < 4.78 is 16.7. The summed E-state index contributed by atoms with van der Waals surface area (Å²) in [6, 6.07) is 38.9.